The van der Waals surface area contributed by atoms with Crippen LogP contribution in [0.5, 0.6) is 0 Å². The Bertz CT molecular complexity index is 845. The van der Waals surface area contributed by atoms with Gasteiger partial charge in [-0.1, -0.05) is 12.1 Å². The third-order valence-corrected chi connectivity index (χ3v) is 3.78. The summed E-state index contributed by atoms with van der Waals surface area (Å²) < 4.78 is 24.7. The molecule has 0 saturated carbocycles. The lowest BCUT2D eigenvalue weighted by Gasteiger charge is -2.19. The minimum atomic E-state index is -0.859. The number of rotatable bonds is 5. The van der Waals surface area contributed by atoms with E-state index in [2.05, 4.69) is 20.7 Å². The Morgan fingerprint density at radius 3 is 2.89 bits per heavy atom. The maximum absolute atomic E-state index is 14.5. The van der Waals surface area contributed by atoms with E-state index in [1.54, 1.807) is 13.1 Å². The second kappa shape index (κ2) is 8.27. The van der Waals surface area contributed by atoms with E-state index in [-0.39, 0.29) is 30.4 Å². The number of halogens is 2. The van der Waals surface area contributed by atoms with Crippen molar-refractivity contribution in [3.8, 4) is 11.4 Å². The van der Waals surface area contributed by atoms with Crippen molar-refractivity contribution >= 4 is 24.5 Å². The minimum Gasteiger partial charge on any atom is -0.460 e. The zero-order valence-electron chi connectivity index (χ0n) is 14.5. The summed E-state index contributed by atoms with van der Waals surface area (Å²) in [4.78, 5) is 24.5. The Morgan fingerprint density at radius 2 is 2.26 bits per heavy atom. The van der Waals surface area contributed by atoms with Gasteiger partial charge in [0.15, 0.2) is 6.10 Å². The minimum absolute atomic E-state index is 0. The molecule has 12 heteroatoms. The molecule has 0 bridgehead atoms. The smallest absolute Gasteiger partial charge is 0.408 e. The predicted octanol–water partition coefficient (Wildman–Crippen LogP) is 0.478. The predicted molar refractivity (Wildman–Crippen MR) is 92.2 cm³/mol. The summed E-state index contributed by atoms with van der Waals surface area (Å²) in [5, 5.41) is 14.1. The summed E-state index contributed by atoms with van der Waals surface area (Å²) in [6, 6.07) is 2.76. The molecule has 0 aliphatic carbocycles. The second-order valence-electron chi connectivity index (χ2n) is 5.79. The average Bonchev–Trinajstić information content (AvgIpc) is 3.17. The highest BCUT2D eigenvalue weighted by Gasteiger charge is 2.38. The lowest BCUT2D eigenvalue weighted by Crippen LogP contribution is -2.33. The van der Waals surface area contributed by atoms with Crippen LogP contribution >= 0.6 is 12.4 Å². The molecular weight excluding hydrogens is 383 g/mol. The van der Waals surface area contributed by atoms with Crippen LogP contribution in [0.25, 0.3) is 11.4 Å². The summed E-state index contributed by atoms with van der Waals surface area (Å²) >= 11 is 0. The lowest BCUT2D eigenvalue weighted by atomic mass is 9.96. The van der Waals surface area contributed by atoms with Gasteiger partial charge in [-0.3, -0.25) is 4.79 Å². The van der Waals surface area contributed by atoms with Crippen LogP contribution in [0.1, 0.15) is 18.5 Å². The SMILES string of the molecule is C[C@H](N)C(=O)OCC1OC(=O)NC1c1cccc(F)c1-c1nnn(C)n1.Cl. The maximum atomic E-state index is 14.5. The summed E-state index contributed by atoms with van der Waals surface area (Å²) in [5.41, 5.74) is 5.91. The number of alkyl carbamates (subject to hydrolysis) is 1. The molecule has 10 nitrogen and oxygen atoms in total. The summed E-state index contributed by atoms with van der Waals surface area (Å²) in [6.07, 6.45) is -1.57. The molecule has 146 valence electrons. The Balaban J connectivity index is 0.00000261. The maximum Gasteiger partial charge on any atom is 0.408 e. The summed E-state index contributed by atoms with van der Waals surface area (Å²) in [6.45, 7) is 1.25. The van der Waals surface area contributed by atoms with Crippen LogP contribution in [-0.4, -0.2) is 51.0 Å². The van der Waals surface area contributed by atoms with Gasteiger partial charge in [0.1, 0.15) is 18.5 Å². The highest BCUT2D eigenvalue weighted by molar-refractivity contribution is 5.85. The van der Waals surface area contributed by atoms with E-state index in [4.69, 9.17) is 15.2 Å². The van der Waals surface area contributed by atoms with Gasteiger partial charge in [0, 0.05) is 0 Å². The number of tetrazole rings is 1. The second-order valence-corrected chi connectivity index (χ2v) is 5.79. The van der Waals surface area contributed by atoms with Gasteiger partial charge in [0.05, 0.1) is 18.7 Å². The third kappa shape index (κ3) is 4.31. The highest BCUT2D eigenvalue weighted by Crippen LogP contribution is 2.33. The molecule has 2 aromatic rings. The van der Waals surface area contributed by atoms with E-state index in [0.717, 1.165) is 0 Å². The first kappa shape index (κ1) is 20.5. The fourth-order valence-corrected chi connectivity index (χ4v) is 2.58. The van der Waals surface area contributed by atoms with Crippen LogP contribution in [0.3, 0.4) is 0 Å². The van der Waals surface area contributed by atoms with Crippen molar-refractivity contribution in [2.24, 2.45) is 12.8 Å². The van der Waals surface area contributed by atoms with Gasteiger partial charge in [-0.15, -0.1) is 22.6 Å². The largest absolute Gasteiger partial charge is 0.460 e. The van der Waals surface area contributed by atoms with E-state index in [1.165, 1.54) is 23.9 Å². The number of carbonyl (C=O) groups is 2. The topological polar surface area (TPSA) is 134 Å². The molecule has 2 heterocycles. The Labute approximate surface area is 159 Å². The van der Waals surface area contributed by atoms with Crippen LogP contribution in [-0.2, 0) is 21.3 Å². The van der Waals surface area contributed by atoms with Gasteiger partial charge >= 0.3 is 12.1 Å². The molecular formula is C15H18ClFN6O4. The Kier molecular flexibility index (Phi) is 6.28. The fourth-order valence-electron chi connectivity index (χ4n) is 2.58. The Hall–Kier alpha value is -2.79. The van der Waals surface area contributed by atoms with Gasteiger partial charge in [-0.25, -0.2) is 9.18 Å². The normalized spacial score (nSPS) is 19.6. The number of hydrogen-bond donors (Lipinski definition) is 2. The number of carbonyl (C=O) groups excluding carboxylic acids is 2. The fraction of sp³-hybridized carbons (Fsp3) is 0.400. The van der Waals surface area contributed by atoms with Crippen molar-refractivity contribution in [1.29, 1.82) is 0 Å². The van der Waals surface area contributed by atoms with Crippen LogP contribution in [0.15, 0.2) is 18.2 Å². The zero-order chi connectivity index (χ0) is 18.8. The van der Waals surface area contributed by atoms with Crippen LogP contribution in [0.4, 0.5) is 9.18 Å². The molecule has 3 atom stereocenters. The monoisotopic (exact) mass is 400 g/mol. The molecule has 1 aliphatic heterocycles. The van der Waals surface area contributed by atoms with Gasteiger partial charge in [0.25, 0.3) is 0 Å². The van der Waals surface area contributed by atoms with E-state index in [0.29, 0.717) is 5.56 Å². The number of amides is 1. The van der Waals surface area contributed by atoms with Crippen molar-refractivity contribution in [2.75, 3.05) is 6.61 Å². The number of nitrogens with two attached hydrogens (primary N) is 1. The van der Waals surface area contributed by atoms with Crippen molar-refractivity contribution in [2.45, 2.75) is 25.1 Å². The van der Waals surface area contributed by atoms with E-state index in [1.807, 2.05) is 0 Å². The summed E-state index contributed by atoms with van der Waals surface area (Å²) in [7, 11) is 1.55. The average molecular weight is 401 g/mol. The number of ether oxygens (including phenoxy) is 2. The van der Waals surface area contributed by atoms with Crippen LogP contribution in [0.2, 0.25) is 0 Å². The van der Waals surface area contributed by atoms with Crippen molar-refractivity contribution < 1.29 is 23.5 Å². The molecule has 3 N–H and O–H groups in total. The first-order chi connectivity index (χ1) is 12.4. The molecule has 3 rings (SSSR count). The molecule has 1 aliphatic rings. The molecule has 2 unspecified atom stereocenters. The molecule has 27 heavy (non-hydrogen) atoms. The molecule has 0 spiro atoms. The third-order valence-electron chi connectivity index (χ3n) is 3.78. The summed E-state index contributed by atoms with van der Waals surface area (Å²) in [5.74, 6) is -1.15. The zero-order valence-corrected chi connectivity index (χ0v) is 15.3. The van der Waals surface area contributed by atoms with Crippen LogP contribution in [0, 0.1) is 5.82 Å². The van der Waals surface area contributed by atoms with Gasteiger partial charge in [-0.2, -0.15) is 4.80 Å². The Morgan fingerprint density at radius 1 is 1.52 bits per heavy atom. The standard InChI is InChI=1S/C15H17FN6O4.ClH/c1-7(17)14(23)25-6-10-12(18-15(24)26-10)8-4-3-5-9(16)11(8)13-19-21-22(2)20-13;/h3-5,7,10,12H,6,17H2,1-2H3,(H,18,24);1H/t7-,10?,12?;/m0./s1. The van der Waals surface area contributed by atoms with Crippen molar-refractivity contribution in [1.82, 2.24) is 25.5 Å². The van der Waals surface area contributed by atoms with E-state index >= 15 is 0 Å². The molecule has 0 radical (unpaired) electrons. The van der Waals surface area contributed by atoms with Gasteiger partial charge < -0.3 is 20.5 Å². The number of aromatic nitrogens is 4. The number of hydrogen-bond acceptors (Lipinski definition) is 8. The number of nitrogens with one attached hydrogen (secondary N) is 1. The molecule has 1 aromatic heterocycles. The van der Waals surface area contributed by atoms with Crippen molar-refractivity contribution in [3.63, 3.8) is 0 Å². The number of esters is 1. The highest BCUT2D eigenvalue weighted by atomic mass is 35.5. The molecule has 1 amide bonds. The quantitative estimate of drug-likeness (QED) is 0.692. The first-order valence-electron chi connectivity index (χ1n) is 7.79. The van der Waals surface area contributed by atoms with Crippen molar-refractivity contribution in [3.05, 3.63) is 29.6 Å². The van der Waals surface area contributed by atoms with Crippen LogP contribution < -0.4 is 11.1 Å². The van der Waals surface area contributed by atoms with E-state index < -0.39 is 36.1 Å². The van der Waals surface area contributed by atoms with E-state index in [9.17, 15) is 14.0 Å². The number of aryl methyl sites for hydroxylation is 1. The first-order valence-corrected chi connectivity index (χ1v) is 7.79. The van der Waals surface area contributed by atoms with Gasteiger partial charge in [0.2, 0.25) is 5.82 Å². The molecule has 1 saturated heterocycles. The number of cyclic esters (lactones) is 1. The lowest BCUT2D eigenvalue weighted by molar-refractivity contribution is -0.147. The number of benzene rings is 1. The molecule has 1 fully saturated rings. The van der Waals surface area contributed by atoms with Gasteiger partial charge in [-0.05, 0) is 23.8 Å². The number of nitrogens with zero attached hydrogens (tertiary/aromatic N) is 4. The molecule has 1 aromatic carbocycles.